The van der Waals surface area contributed by atoms with Crippen LogP contribution in [-0.4, -0.2) is 54.0 Å². The van der Waals surface area contributed by atoms with E-state index in [4.69, 9.17) is 11.6 Å². The van der Waals surface area contributed by atoms with Crippen LogP contribution >= 0.6 is 11.6 Å². The van der Waals surface area contributed by atoms with Crippen LogP contribution in [0, 0.1) is 11.8 Å². The van der Waals surface area contributed by atoms with Gasteiger partial charge in [-0.15, -0.1) is 11.6 Å². The molecule has 30 heavy (non-hydrogen) atoms. The number of nitrogens with zero attached hydrogens (tertiary/aromatic N) is 1. The maximum Gasteiger partial charge on any atom is 0.229 e. The fourth-order valence-corrected chi connectivity index (χ4v) is 4.81. The molecule has 2 saturated carbocycles. The zero-order valence-electron chi connectivity index (χ0n) is 17.5. The number of halogens is 4. The van der Waals surface area contributed by atoms with E-state index in [0.717, 1.165) is 0 Å². The van der Waals surface area contributed by atoms with Crippen LogP contribution in [0.3, 0.4) is 0 Å². The summed E-state index contributed by atoms with van der Waals surface area (Å²) >= 11 is 5.92. The summed E-state index contributed by atoms with van der Waals surface area (Å²) in [4.78, 5) is 17.2. The minimum Gasteiger partial charge on any atom is -0.354 e. The monoisotopic (exact) mass is 451 g/mol. The molecule has 10 heteroatoms. The predicted octanol–water partition coefficient (Wildman–Crippen LogP) is 2.87. The maximum atomic E-state index is 13.9. The Balaban J connectivity index is 1.59. The second-order valence-electron chi connectivity index (χ2n) is 9.12. The van der Waals surface area contributed by atoms with Gasteiger partial charge in [-0.05, 0) is 51.9 Å². The largest absolute Gasteiger partial charge is 0.354 e. The van der Waals surface area contributed by atoms with Gasteiger partial charge in [0.05, 0.1) is 5.38 Å². The molecule has 6 nitrogen and oxygen atoms in total. The van der Waals surface area contributed by atoms with Gasteiger partial charge in [0.1, 0.15) is 24.7 Å². The third-order valence-electron chi connectivity index (χ3n) is 6.13. The summed E-state index contributed by atoms with van der Waals surface area (Å²) in [5, 5.41) is 5.37. The molecule has 0 aromatic carbocycles. The van der Waals surface area contributed by atoms with Crippen molar-refractivity contribution in [3.63, 3.8) is 0 Å². The van der Waals surface area contributed by atoms with Gasteiger partial charge in [-0.25, -0.2) is 23.6 Å². The number of carbonyl (C=O) groups excluding carboxylic acids is 1. The molecule has 0 radical (unpaired) electrons. The van der Waals surface area contributed by atoms with Crippen LogP contribution in [0.15, 0.2) is 4.99 Å². The second-order valence-corrected chi connectivity index (χ2v) is 9.68. The van der Waals surface area contributed by atoms with E-state index in [1.807, 2.05) is 13.8 Å². The number of aliphatic imine (C=N–C) groups is 1. The molecule has 0 spiro atoms. The van der Waals surface area contributed by atoms with Crippen molar-refractivity contribution in [1.82, 2.24) is 21.5 Å². The van der Waals surface area contributed by atoms with E-state index in [1.54, 1.807) is 0 Å². The molecule has 1 aliphatic heterocycles. The third-order valence-corrected chi connectivity index (χ3v) is 6.62. The van der Waals surface area contributed by atoms with Crippen molar-refractivity contribution >= 4 is 23.5 Å². The summed E-state index contributed by atoms with van der Waals surface area (Å²) in [6.07, 6.45) is -1.40. The third kappa shape index (κ3) is 6.47. The Morgan fingerprint density at radius 2 is 1.73 bits per heavy atom. The first-order chi connectivity index (χ1) is 14.2. The van der Waals surface area contributed by atoms with Crippen LogP contribution in [0.25, 0.3) is 0 Å². The highest BCUT2D eigenvalue weighted by molar-refractivity contribution is 6.21. The zero-order valence-corrected chi connectivity index (χ0v) is 18.3. The highest BCUT2D eigenvalue weighted by Crippen LogP contribution is 2.33. The first kappa shape index (κ1) is 23.6. The summed E-state index contributed by atoms with van der Waals surface area (Å²) in [6, 6.07) is -0.0579. The molecule has 7 atom stereocenters. The van der Waals surface area contributed by atoms with Gasteiger partial charge in [-0.2, -0.15) is 0 Å². The number of guanidine groups is 1. The van der Waals surface area contributed by atoms with Crippen molar-refractivity contribution in [2.75, 3.05) is 0 Å². The predicted molar refractivity (Wildman–Crippen MR) is 111 cm³/mol. The Bertz CT molecular complexity index is 615. The Labute approximate surface area is 181 Å². The van der Waals surface area contributed by atoms with Crippen molar-refractivity contribution in [3.8, 4) is 0 Å². The number of alkyl halides is 4. The van der Waals surface area contributed by atoms with Crippen molar-refractivity contribution in [1.29, 1.82) is 0 Å². The van der Waals surface area contributed by atoms with Crippen molar-refractivity contribution in [2.24, 2.45) is 16.8 Å². The highest BCUT2D eigenvalue weighted by atomic mass is 35.5. The molecule has 3 fully saturated rings. The number of rotatable bonds is 4. The summed E-state index contributed by atoms with van der Waals surface area (Å²) in [7, 11) is 0. The van der Waals surface area contributed by atoms with Gasteiger partial charge >= 0.3 is 0 Å². The van der Waals surface area contributed by atoms with E-state index in [-0.39, 0.29) is 42.9 Å². The van der Waals surface area contributed by atoms with Gasteiger partial charge in [-0.3, -0.25) is 15.5 Å². The normalized spacial score (nSPS) is 40.4. The molecule has 4 N–H and O–H groups in total. The molecule has 172 valence electrons. The van der Waals surface area contributed by atoms with Gasteiger partial charge in [-0.1, -0.05) is 0 Å². The van der Waals surface area contributed by atoms with Crippen molar-refractivity contribution < 1.29 is 18.0 Å². The number of hydrazine groups is 1. The SMILES string of the molecule is CC(C)N/C(=N\C1CC(C2CC(F)CC(F)C2)NN1)NC(=O)C1CCC(Cl)C(F)C1. The van der Waals surface area contributed by atoms with E-state index in [9.17, 15) is 18.0 Å². The molecule has 0 bridgehead atoms. The quantitative estimate of drug-likeness (QED) is 0.301. The van der Waals surface area contributed by atoms with Gasteiger partial charge in [0, 0.05) is 30.8 Å². The lowest BCUT2D eigenvalue weighted by Gasteiger charge is -2.31. The molecule has 3 aliphatic rings. The number of carbonyl (C=O) groups is 1. The summed E-state index contributed by atoms with van der Waals surface area (Å²) < 4.78 is 41.4. The van der Waals surface area contributed by atoms with Crippen LogP contribution < -0.4 is 21.5 Å². The van der Waals surface area contributed by atoms with Crippen molar-refractivity contribution in [3.05, 3.63) is 0 Å². The van der Waals surface area contributed by atoms with Crippen LogP contribution in [0.5, 0.6) is 0 Å². The lowest BCUT2D eigenvalue weighted by molar-refractivity contribution is -0.125. The zero-order chi connectivity index (χ0) is 21.8. The topological polar surface area (TPSA) is 77.6 Å². The summed E-state index contributed by atoms with van der Waals surface area (Å²) in [5.74, 6) is -0.501. The Morgan fingerprint density at radius 3 is 2.37 bits per heavy atom. The standard InChI is InChI=1S/C20H33ClF3N5O/c1-10(2)25-20(27-19(30)11-3-4-15(21)16(24)7-11)26-18-9-17(28-29-18)12-5-13(22)8-14(23)6-12/h10-18,28-29H,3-9H2,1-2H3,(H2,25,26,27,30). The molecule has 7 unspecified atom stereocenters. The van der Waals surface area contributed by atoms with Gasteiger partial charge < -0.3 is 5.32 Å². The lowest BCUT2D eigenvalue weighted by atomic mass is 9.81. The number of hydrogen-bond acceptors (Lipinski definition) is 4. The van der Waals surface area contributed by atoms with E-state index in [0.29, 0.717) is 38.1 Å². The van der Waals surface area contributed by atoms with Gasteiger partial charge in [0.2, 0.25) is 5.91 Å². The molecule has 0 aromatic rings. The van der Waals surface area contributed by atoms with E-state index in [2.05, 4.69) is 26.5 Å². The average molecular weight is 452 g/mol. The second kappa shape index (κ2) is 10.5. The first-order valence-electron chi connectivity index (χ1n) is 10.9. The summed E-state index contributed by atoms with van der Waals surface area (Å²) in [5.41, 5.74) is 6.16. The average Bonchev–Trinajstić information content (AvgIpc) is 3.11. The van der Waals surface area contributed by atoms with E-state index in [1.165, 1.54) is 0 Å². The number of amides is 1. The van der Waals surface area contributed by atoms with E-state index < -0.39 is 29.8 Å². The number of hydrogen-bond donors (Lipinski definition) is 4. The van der Waals surface area contributed by atoms with Crippen LogP contribution in [0.2, 0.25) is 0 Å². The molecule has 1 saturated heterocycles. The minimum atomic E-state index is -1.19. The van der Waals surface area contributed by atoms with Gasteiger partial charge in [0.25, 0.3) is 0 Å². The van der Waals surface area contributed by atoms with Crippen LogP contribution in [0.1, 0.15) is 58.8 Å². The van der Waals surface area contributed by atoms with Crippen molar-refractivity contribution in [2.45, 2.75) is 101 Å². The van der Waals surface area contributed by atoms with E-state index >= 15 is 0 Å². The fourth-order valence-electron chi connectivity index (χ4n) is 4.58. The maximum absolute atomic E-state index is 13.9. The van der Waals surface area contributed by atoms with Crippen LogP contribution in [0.4, 0.5) is 13.2 Å². The molecule has 1 heterocycles. The molecule has 0 aromatic heterocycles. The molecule has 3 rings (SSSR count). The Kier molecular flexibility index (Phi) is 8.26. The minimum absolute atomic E-state index is 0.0158. The molecular weight excluding hydrogens is 419 g/mol. The highest BCUT2D eigenvalue weighted by Gasteiger charge is 2.38. The molecular formula is C20H33ClF3N5O. The smallest absolute Gasteiger partial charge is 0.229 e. The summed E-state index contributed by atoms with van der Waals surface area (Å²) in [6.45, 7) is 3.85. The van der Waals surface area contributed by atoms with Gasteiger partial charge in [0.15, 0.2) is 5.96 Å². The molecule has 2 aliphatic carbocycles. The number of nitrogens with one attached hydrogen (secondary N) is 4. The fraction of sp³-hybridized carbons (Fsp3) is 0.900. The Morgan fingerprint density at radius 1 is 1.03 bits per heavy atom. The molecule has 1 amide bonds. The van der Waals surface area contributed by atoms with Crippen LogP contribution in [-0.2, 0) is 4.79 Å². The first-order valence-corrected chi connectivity index (χ1v) is 11.4. The Hall–Kier alpha value is -1.06. The lowest BCUT2D eigenvalue weighted by Crippen LogP contribution is -2.48.